The van der Waals surface area contributed by atoms with E-state index in [1.807, 2.05) is 11.4 Å². The van der Waals surface area contributed by atoms with Crippen molar-refractivity contribution in [2.45, 2.75) is 0 Å². The van der Waals surface area contributed by atoms with Gasteiger partial charge in [0.25, 0.3) is 0 Å². The molecule has 6 heteroatoms. The fraction of sp³-hybridized carbons (Fsp3) is 0. The van der Waals surface area contributed by atoms with Crippen LogP contribution in [0.15, 0.2) is 21.4 Å². The zero-order chi connectivity index (χ0) is 10.1. The van der Waals surface area contributed by atoms with Gasteiger partial charge in [0.1, 0.15) is 0 Å². The normalized spacial score (nSPS) is 10.4. The Morgan fingerprint density at radius 3 is 2.79 bits per heavy atom. The number of aromatic nitrogens is 1. The highest BCUT2D eigenvalue weighted by Crippen LogP contribution is 2.37. The molecule has 0 aromatic carbocycles. The Labute approximate surface area is 96.2 Å². The molecule has 0 radical (unpaired) electrons. The minimum Gasteiger partial charge on any atom is -0.476 e. The summed E-state index contributed by atoms with van der Waals surface area (Å²) >= 11 is 6.20. The predicted molar refractivity (Wildman–Crippen MR) is 60.1 cm³/mol. The van der Waals surface area contributed by atoms with Crippen LogP contribution in [-0.4, -0.2) is 16.1 Å². The molecular formula is C8H4BrNO2S2. The van der Waals surface area contributed by atoms with E-state index in [-0.39, 0.29) is 5.69 Å². The predicted octanol–water partition coefficient (Wildman–Crippen LogP) is 3.33. The van der Waals surface area contributed by atoms with Crippen LogP contribution in [0.5, 0.6) is 0 Å². The molecule has 2 rings (SSSR count). The van der Waals surface area contributed by atoms with Gasteiger partial charge in [0.15, 0.2) is 5.69 Å². The fourth-order valence-electron chi connectivity index (χ4n) is 1.02. The molecule has 0 aliphatic carbocycles. The van der Waals surface area contributed by atoms with Crippen molar-refractivity contribution in [1.29, 1.82) is 0 Å². The van der Waals surface area contributed by atoms with Crippen LogP contribution in [0.3, 0.4) is 0 Å². The maximum absolute atomic E-state index is 10.8. The molecule has 0 saturated carbocycles. The summed E-state index contributed by atoms with van der Waals surface area (Å²) in [7, 11) is 0. The number of carboxylic acids is 1. The lowest BCUT2D eigenvalue weighted by molar-refractivity contribution is 0.0692. The second-order valence-corrected chi connectivity index (χ2v) is 5.06. The quantitative estimate of drug-likeness (QED) is 0.923. The van der Waals surface area contributed by atoms with Crippen LogP contribution in [0.1, 0.15) is 10.5 Å². The molecule has 0 atom stereocenters. The smallest absolute Gasteiger partial charge is 0.356 e. The van der Waals surface area contributed by atoms with Crippen LogP contribution >= 0.6 is 38.6 Å². The monoisotopic (exact) mass is 289 g/mol. The zero-order valence-corrected chi connectivity index (χ0v) is 9.95. The average molecular weight is 290 g/mol. The number of carboxylic acid groups (broad SMARTS) is 1. The molecule has 1 N–H and O–H groups in total. The summed E-state index contributed by atoms with van der Waals surface area (Å²) in [4.78, 5) is 16.3. The van der Waals surface area contributed by atoms with Gasteiger partial charge >= 0.3 is 5.97 Å². The van der Waals surface area contributed by atoms with Crippen LogP contribution in [0.25, 0.3) is 9.75 Å². The SMILES string of the molecule is O=C(O)c1ncsc1-c1sccc1Br. The highest BCUT2D eigenvalue weighted by molar-refractivity contribution is 9.10. The Kier molecular flexibility index (Phi) is 2.66. The molecule has 2 aromatic rings. The Morgan fingerprint density at radius 2 is 2.21 bits per heavy atom. The molecule has 0 bridgehead atoms. The van der Waals surface area contributed by atoms with Crippen LogP contribution < -0.4 is 0 Å². The summed E-state index contributed by atoms with van der Waals surface area (Å²) in [6, 6.07) is 1.89. The molecule has 0 aliphatic rings. The van der Waals surface area contributed by atoms with Crippen molar-refractivity contribution in [1.82, 2.24) is 4.98 Å². The van der Waals surface area contributed by atoms with Crippen molar-refractivity contribution in [3.63, 3.8) is 0 Å². The van der Waals surface area contributed by atoms with E-state index in [1.165, 1.54) is 22.7 Å². The molecule has 0 unspecified atom stereocenters. The minimum atomic E-state index is -0.985. The van der Waals surface area contributed by atoms with Gasteiger partial charge in [-0.1, -0.05) is 0 Å². The van der Waals surface area contributed by atoms with Crippen molar-refractivity contribution in [2.24, 2.45) is 0 Å². The van der Waals surface area contributed by atoms with E-state index in [9.17, 15) is 4.79 Å². The maximum Gasteiger partial charge on any atom is 0.356 e. The number of thiazole rings is 1. The number of rotatable bonds is 2. The number of carbonyl (C=O) groups is 1. The summed E-state index contributed by atoms with van der Waals surface area (Å²) in [5, 5.41) is 10.8. The molecule has 2 heterocycles. The zero-order valence-electron chi connectivity index (χ0n) is 6.73. The highest BCUT2D eigenvalue weighted by atomic mass is 79.9. The first-order valence-corrected chi connectivity index (χ1v) is 6.15. The minimum absolute atomic E-state index is 0.123. The van der Waals surface area contributed by atoms with Crippen LogP contribution in [0.4, 0.5) is 0 Å². The van der Waals surface area contributed by atoms with E-state index in [1.54, 1.807) is 5.51 Å². The molecule has 0 spiro atoms. The molecule has 0 saturated heterocycles. The molecule has 0 aliphatic heterocycles. The second kappa shape index (κ2) is 3.80. The van der Waals surface area contributed by atoms with Crippen LogP contribution in [-0.2, 0) is 0 Å². The number of nitrogens with zero attached hydrogens (tertiary/aromatic N) is 1. The van der Waals surface area contributed by atoms with Gasteiger partial charge < -0.3 is 5.11 Å². The Bertz CT molecular complexity index is 477. The Hall–Kier alpha value is -0.720. The number of halogens is 1. The Balaban J connectivity index is 2.57. The summed E-state index contributed by atoms with van der Waals surface area (Å²) in [5.41, 5.74) is 1.67. The summed E-state index contributed by atoms with van der Waals surface area (Å²) in [6.07, 6.45) is 0. The van der Waals surface area contributed by atoms with Crippen molar-refractivity contribution < 1.29 is 9.90 Å². The van der Waals surface area contributed by atoms with Gasteiger partial charge in [0.2, 0.25) is 0 Å². The van der Waals surface area contributed by atoms with Gasteiger partial charge in [-0.25, -0.2) is 9.78 Å². The molecule has 2 aromatic heterocycles. The third-order valence-electron chi connectivity index (χ3n) is 1.59. The van der Waals surface area contributed by atoms with Crippen molar-refractivity contribution >= 4 is 44.6 Å². The largest absolute Gasteiger partial charge is 0.476 e. The Morgan fingerprint density at radius 1 is 1.43 bits per heavy atom. The van der Waals surface area contributed by atoms with Crippen LogP contribution in [0.2, 0.25) is 0 Å². The van der Waals surface area contributed by atoms with Crippen molar-refractivity contribution in [3.05, 3.63) is 27.1 Å². The summed E-state index contributed by atoms with van der Waals surface area (Å²) < 4.78 is 0.911. The van der Waals surface area contributed by atoms with E-state index in [0.29, 0.717) is 4.88 Å². The molecular weight excluding hydrogens is 286 g/mol. The molecule has 0 fully saturated rings. The third-order valence-corrected chi connectivity index (χ3v) is 4.42. The van der Waals surface area contributed by atoms with Gasteiger partial charge in [-0.3, -0.25) is 0 Å². The second-order valence-electron chi connectivity index (χ2n) is 2.43. The van der Waals surface area contributed by atoms with Gasteiger partial charge in [-0.15, -0.1) is 22.7 Å². The van der Waals surface area contributed by atoms with E-state index in [0.717, 1.165) is 9.35 Å². The van der Waals surface area contributed by atoms with Crippen molar-refractivity contribution in [3.8, 4) is 9.75 Å². The lowest BCUT2D eigenvalue weighted by Crippen LogP contribution is -1.97. The maximum atomic E-state index is 10.8. The molecule has 72 valence electrons. The van der Waals surface area contributed by atoms with E-state index >= 15 is 0 Å². The topological polar surface area (TPSA) is 50.2 Å². The van der Waals surface area contributed by atoms with E-state index in [2.05, 4.69) is 20.9 Å². The first kappa shape index (κ1) is 9.82. The van der Waals surface area contributed by atoms with Gasteiger partial charge in [0.05, 0.1) is 15.3 Å². The lowest BCUT2D eigenvalue weighted by atomic mass is 10.3. The van der Waals surface area contributed by atoms with Gasteiger partial charge in [-0.2, -0.15) is 0 Å². The summed E-state index contributed by atoms with van der Waals surface area (Å²) in [5.74, 6) is -0.985. The number of thiophene rings is 1. The van der Waals surface area contributed by atoms with E-state index < -0.39 is 5.97 Å². The number of aromatic carboxylic acids is 1. The van der Waals surface area contributed by atoms with Gasteiger partial charge in [0, 0.05) is 4.47 Å². The number of hydrogen-bond acceptors (Lipinski definition) is 4. The average Bonchev–Trinajstić information content (AvgIpc) is 2.70. The first-order valence-electron chi connectivity index (χ1n) is 3.60. The van der Waals surface area contributed by atoms with E-state index in [4.69, 9.17) is 5.11 Å². The molecule has 14 heavy (non-hydrogen) atoms. The summed E-state index contributed by atoms with van der Waals surface area (Å²) in [6.45, 7) is 0. The van der Waals surface area contributed by atoms with Gasteiger partial charge in [-0.05, 0) is 27.4 Å². The highest BCUT2D eigenvalue weighted by Gasteiger charge is 2.17. The molecule has 0 amide bonds. The van der Waals surface area contributed by atoms with Crippen LogP contribution in [0, 0.1) is 0 Å². The fourth-order valence-corrected chi connectivity index (χ4v) is 3.68. The third kappa shape index (κ3) is 1.60. The molecule has 3 nitrogen and oxygen atoms in total. The first-order chi connectivity index (χ1) is 6.70. The lowest BCUT2D eigenvalue weighted by Gasteiger charge is -1.95. The number of hydrogen-bond donors (Lipinski definition) is 1. The standard InChI is InChI=1S/C8H4BrNO2S2/c9-4-1-2-13-6(4)7-5(8(11)12)10-3-14-7/h1-3H,(H,11,12). The van der Waals surface area contributed by atoms with Crippen molar-refractivity contribution in [2.75, 3.05) is 0 Å².